The summed E-state index contributed by atoms with van der Waals surface area (Å²) in [5, 5.41) is 6.08. The van der Waals surface area contributed by atoms with E-state index in [1.807, 2.05) is 20.8 Å². The SMILES string of the molecule is CC(C)(C)OC(=O)NCCCCN=C(N)NC1CCCCCC1.I. The summed E-state index contributed by atoms with van der Waals surface area (Å²) in [6, 6.07) is 0.482. The Kier molecular flexibility index (Phi) is 12.2. The van der Waals surface area contributed by atoms with Crippen molar-refractivity contribution in [2.45, 2.75) is 83.8 Å². The van der Waals surface area contributed by atoms with E-state index in [4.69, 9.17) is 10.5 Å². The van der Waals surface area contributed by atoms with Crippen LogP contribution >= 0.6 is 24.0 Å². The maximum Gasteiger partial charge on any atom is 0.407 e. The van der Waals surface area contributed by atoms with Crippen LogP contribution < -0.4 is 16.4 Å². The van der Waals surface area contributed by atoms with Gasteiger partial charge in [0.1, 0.15) is 5.60 Å². The molecule has 0 saturated heterocycles. The normalized spacial score (nSPS) is 16.7. The smallest absolute Gasteiger partial charge is 0.407 e. The van der Waals surface area contributed by atoms with Gasteiger partial charge >= 0.3 is 6.09 Å². The molecule has 0 atom stereocenters. The molecule has 1 aliphatic rings. The number of nitrogens with zero attached hydrogens (tertiary/aromatic N) is 1. The number of nitrogens with one attached hydrogen (secondary N) is 2. The summed E-state index contributed by atoms with van der Waals surface area (Å²) in [6.07, 6.45) is 8.99. The second-order valence-corrected chi connectivity index (χ2v) is 7.24. The minimum absolute atomic E-state index is 0. The molecule has 0 heterocycles. The number of nitrogens with two attached hydrogens (primary N) is 1. The number of hydrogen-bond acceptors (Lipinski definition) is 3. The molecule has 1 fully saturated rings. The van der Waals surface area contributed by atoms with Crippen molar-refractivity contribution in [3.8, 4) is 0 Å². The Labute approximate surface area is 163 Å². The molecule has 1 saturated carbocycles. The van der Waals surface area contributed by atoms with Gasteiger partial charge in [-0.2, -0.15) is 0 Å². The fourth-order valence-corrected chi connectivity index (χ4v) is 2.62. The van der Waals surface area contributed by atoms with Gasteiger partial charge in [0.05, 0.1) is 0 Å². The lowest BCUT2D eigenvalue weighted by molar-refractivity contribution is 0.0527. The topological polar surface area (TPSA) is 88.7 Å². The number of carbonyl (C=O) groups is 1. The number of alkyl carbamates (subject to hydrolysis) is 1. The molecule has 0 bridgehead atoms. The van der Waals surface area contributed by atoms with E-state index in [1.165, 1.54) is 38.5 Å². The van der Waals surface area contributed by atoms with Crippen LogP contribution in [-0.2, 0) is 4.74 Å². The zero-order valence-electron chi connectivity index (χ0n) is 15.4. The summed E-state index contributed by atoms with van der Waals surface area (Å²) in [6.45, 7) is 6.84. The number of unbranched alkanes of at least 4 members (excludes halogenated alkanes) is 1. The molecule has 0 aromatic carbocycles. The second-order valence-electron chi connectivity index (χ2n) is 7.24. The first-order valence-corrected chi connectivity index (χ1v) is 8.90. The molecule has 24 heavy (non-hydrogen) atoms. The quantitative estimate of drug-likeness (QED) is 0.188. The summed E-state index contributed by atoms with van der Waals surface area (Å²) in [7, 11) is 0. The van der Waals surface area contributed by atoms with Crippen LogP contribution in [0.2, 0.25) is 0 Å². The molecule has 0 aromatic rings. The van der Waals surface area contributed by atoms with E-state index >= 15 is 0 Å². The minimum Gasteiger partial charge on any atom is -0.444 e. The Morgan fingerprint density at radius 1 is 1.17 bits per heavy atom. The van der Waals surface area contributed by atoms with Gasteiger partial charge in [0, 0.05) is 19.1 Å². The van der Waals surface area contributed by atoms with E-state index in [0.717, 1.165) is 12.8 Å². The highest BCUT2D eigenvalue weighted by Gasteiger charge is 2.15. The molecule has 0 unspecified atom stereocenters. The van der Waals surface area contributed by atoms with Crippen LogP contribution in [0.25, 0.3) is 0 Å². The van der Waals surface area contributed by atoms with Gasteiger partial charge in [0.2, 0.25) is 0 Å². The summed E-state index contributed by atoms with van der Waals surface area (Å²) in [5.74, 6) is 0.553. The van der Waals surface area contributed by atoms with E-state index in [9.17, 15) is 4.79 Å². The zero-order chi connectivity index (χ0) is 17.1. The van der Waals surface area contributed by atoms with Crippen molar-refractivity contribution in [2.24, 2.45) is 10.7 Å². The van der Waals surface area contributed by atoms with E-state index in [2.05, 4.69) is 15.6 Å². The molecule has 1 rings (SSSR count). The first-order valence-electron chi connectivity index (χ1n) is 8.90. The molecule has 0 aromatic heterocycles. The Balaban J connectivity index is 0.00000529. The van der Waals surface area contributed by atoms with Crippen LogP contribution in [0, 0.1) is 0 Å². The van der Waals surface area contributed by atoms with Crippen molar-refractivity contribution in [3.05, 3.63) is 0 Å². The average molecular weight is 454 g/mol. The summed E-state index contributed by atoms with van der Waals surface area (Å²) < 4.78 is 5.17. The van der Waals surface area contributed by atoms with Crippen molar-refractivity contribution in [1.29, 1.82) is 0 Å². The third kappa shape index (κ3) is 12.7. The number of hydrogen-bond donors (Lipinski definition) is 3. The average Bonchev–Trinajstić information content (AvgIpc) is 2.69. The summed E-state index contributed by atoms with van der Waals surface area (Å²) >= 11 is 0. The van der Waals surface area contributed by atoms with E-state index < -0.39 is 5.60 Å². The molecule has 6 nitrogen and oxygen atoms in total. The van der Waals surface area contributed by atoms with Crippen LogP contribution in [-0.4, -0.2) is 36.8 Å². The molecule has 7 heteroatoms. The van der Waals surface area contributed by atoms with Gasteiger partial charge in [-0.25, -0.2) is 4.79 Å². The number of rotatable bonds is 6. The van der Waals surface area contributed by atoms with E-state index in [0.29, 0.717) is 25.1 Å². The highest BCUT2D eigenvalue weighted by atomic mass is 127. The van der Waals surface area contributed by atoms with Gasteiger partial charge < -0.3 is 21.1 Å². The Morgan fingerprint density at radius 3 is 2.38 bits per heavy atom. The Morgan fingerprint density at radius 2 is 1.79 bits per heavy atom. The van der Waals surface area contributed by atoms with Gasteiger partial charge in [-0.1, -0.05) is 25.7 Å². The van der Waals surface area contributed by atoms with Gasteiger partial charge in [-0.05, 0) is 46.5 Å². The fourth-order valence-electron chi connectivity index (χ4n) is 2.62. The molecule has 1 aliphatic carbocycles. The molecule has 142 valence electrons. The minimum atomic E-state index is -0.452. The lowest BCUT2D eigenvalue weighted by atomic mass is 10.1. The van der Waals surface area contributed by atoms with Crippen LogP contribution in [0.3, 0.4) is 0 Å². The molecular weight excluding hydrogens is 419 g/mol. The third-order valence-corrected chi connectivity index (χ3v) is 3.74. The van der Waals surface area contributed by atoms with Crippen LogP contribution in [0.5, 0.6) is 0 Å². The van der Waals surface area contributed by atoms with Gasteiger partial charge in [-0.15, -0.1) is 24.0 Å². The van der Waals surface area contributed by atoms with Crippen molar-refractivity contribution in [3.63, 3.8) is 0 Å². The maximum absolute atomic E-state index is 11.5. The van der Waals surface area contributed by atoms with Crippen molar-refractivity contribution < 1.29 is 9.53 Å². The summed E-state index contributed by atoms with van der Waals surface area (Å²) in [4.78, 5) is 15.8. The molecule has 0 spiro atoms. The molecule has 4 N–H and O–H groups in total. The van der Waals surface area contributed by atoms with Crippen molar-refractivity contribution in [2.75, 3.05) is 13.1 Å². The zero-order valence-corrected chi connectivity index (χ0v) is 17.7. The van der Waals surface area contributed by atoms with Gasteiger partial charge in [-0.3, -0.25) is 4.99 Å². The van der Waals surface area contributed by atoms with Crippen molar-refractivity contribution in [1.82, 2.24) is 10.6 Å². The Bertz CT molecular complexity index is 375. The number of ether oxygens (including phenoxy) is 1. The standard InChI is InChI=1S/C17H34N4O2.HI/c1-17(2,3)23-16(22)20-13-9-8-12-19-15(18)21-14-10-6-4-5-7-11-14;/h14H,4-13H2,1-3H3,(H,20,22)(H3,18,19,21);1H. The number of aliphatic imine (C=N–C) groups is 1. The Hall–Kier alpha value is -0.730. The predicted molar refractivity (Wildman–Crippen MR) is 110 cm³/mol. The lowest BCUT2D eigenvalue weighted by Crippen LogP contribution is -2.39. The molecule has 1 amide bonds. The molecule has 0 radical (unpaired) electrons. The molecule has 0 aliphatic heterocycles. The first kappa shape index (κ1) is 23.3. The number of carbonyl (C=O) groups excluding carboxylic acids is 1. The number of guanidine groups is 1. The van der Waals surface area contributed by atoms with Gasteiger partial charge in [0.15, 0.2) is 5.96 Å². The van der Waals surface area contributed by atoms with Crippen LogP contribution in [0.1, 0.15) is 72.1 Å². The highest BCUT2D eigenvalue weighted by Crippen LogP contribution is 2.16. The fraction of sp³-hybridized carbons (Fsp3) is 0.882. The highest BCUT2D eigenvalue weighted by molar-refractivity contribution is 14.0. The number of amides is 1. The second kappa shape index (κ2) is 12.6. The monoisotopic (exact) mass is 454 g/mol. The lowest BCUT2D eigenvalue weighted by Gasteiger charge is -2.19. The van der Waals surface area contributed by atoms with Crippen LogP contribution in [0.15, 0.2) is 4.99 Å². The summed E-state index contributed by atoms with van der Waals surface area (Å²) in [5.41, 5.74) is 5.49. The predicted octanol–water partition coefficient (Wildman–Crippen LogP) is 3.54. The first-order chi connectivity index (χ1) is 10.9. The van der Waals surface area contributed by atoms with Crippen molar-refractivity contribution >= 4 is 36.0 Å². The maximum atomic E-state index is 11.5. The third-order valence-electron chi connectivity index (χ3n) is 3.74. The van der Waals surface area contributed by atoms with E-state index in [1.54, 1.807) is 0 Å². The van der Waals surface area contributed by atoms with Crippen LogP contribution in [0.4, 0.5) is 4.79 Å². The van der Waals surface area contributed by atoms with E-state index in [-0.39, 0.29) is 30.1 Å². The van der Waals surface area contributed by atoms with Gasteiger partial charge in [0.25, 0.3) is 0 Å². The number of halogens is 1. The molecular formula is C17H35IN4O2. The largest absolute Gasteiger partial charge is 0.444 e.